The van der Waals surface area contributed by atoms with E-state index in [0.29, 0.717) is 11.2 Å². The summed E-state index contributed by atoms with van der Waals surface area (Å²) in [6, 6.07) is 9.87. The average molecular weight is 273 g/mol. The van der Waals surface area contributed by atoms with Gasteiger partial charge in [0.25, 0.3) is 0 Å². The first-order valence-electron chi connectivity index (χ1n) is 5.73. The first-order valence-corrected chi connectivity index (χ1v) is 7.31. The van der Waals surface area contributed by atoms with Crippen molar-refractivity contribution in [3.05, 3.63) is 35.9 Å². The molecule has 0 aromatic heterocycles. The van der Waals surface area contributed by atoms with Crippen LogP contribution in [0.3, 0.4) is 0 Å². The molecule has 0 radical (unpaired) electrons. The van der Waals surface area contributed by atoms with Crippen LogP contribution in [0.2, 0.25) is 0 Å². The van der Waals surface area contributed by atoms with E-state index in [2.05, 4.69) is 0 Å². The lowest BCUT2D eigenvalue weighted by atomic mass is 10.2. The van der Waals surface area contributed by atoms with Crippen molar-refractivity contribution in [3.63, 3.8) is 0 Å². The molecule has 0 atom stereocenters. The first-order chi connectivity index (χ1) is 8.29. The molecule has 18 heavy (non-hydrogen) atoms. The third-order valence-corrected chi connectivity index (χ3v) is 3.17. The Balaban J connectivity index is 2.36. The van der Waals surface area contributed by atoms with Crippen LogP contribution >= 0.6 is 0 Å². The third kappa shape index (κ3) is 6.70. The molecule has 0 N–H and O–H groups in total. The number of quaternary nitrogens is 1. The first kappa shape index (κ1) is 15.1. The topological polar surface area (TPSA) is 66.4 Å². The zero-order chi connectivity index (χ0) is 13.6. The summed E-state index contributed by atoms with van der Waals surface area (Å²) in [5.74, 6) is -0.377. The Hall–Kier alpha value is -0.950. The number of hydrogen-bond donors (Lipinski definition) is 0. The van der Waals surface area contributed by atoms with Crippen LogP contribution in [0, 0.1) is 0 Å². The normalized spacial score (nSPS) is 12.6. The smallest absolute Gasteiger partial charge is 0.134 e. The highest BCUT2D eigenvalue weighted by Crippen LogP contribution is 2.10. The summed E-state index contributed by atoms with van der Waals surface area (Å²) in [5, 5.41) is 0. The molecule has 0 unspecified atom stereocenters. The molecule has 1 aromatic carbocycles. The van der Waals surface area contributed by atoms with Gasteiger partial charge in [-0.25, -0.2) is 13.3 Å². The zero-order valence-corrected chi connectivity index (χ0v) is 11.5. The fourth-order valence-electron chi connectivity index (χ4n) is 1.62. The van der Waals surface area contributed by atoms with Crippen LogP contribution in [0.25, 0.3) is 0 Å². The summed E-state index contributed by atoms with van der Waals surface area (Å²) in [6.45, 7) is 0.937. The Labute approximate surface area is 108 Å². The molecule has 0 fully saturated rings. The molecular formula is C12H19NO4S. The monoisotopic (exact) mass is 273 g/mol. The molecule has 6 heteroatoms. The van der Waals surface area contributed by atoms with Crippen molar-refractivity contribution in [2.24, 2.45) is 0 Å². The molecule has 0 saturated heterocycles. The van der Waals surface area contributed by atoms with Gasteiger partial charge in [-0.05, 0) is 6.42 Å². The van der Waals surface area contributed by atoms with Crippen LogP contribution in [0.5, 0.6) is 0 Å². The highest BCUT2D eigenvalue weighted by Gasteiger charge is 2.17. The summed E-state index contributed by atoms with van der Waals surface area (Å²) in [6.07, 6.45) is 0.225. The molecule has 0 aliphatic heterocycles. The number of nitrogens with zero attached hydrogens (tertiary/aromatic N) is 1. The van der Waals surface area contributed by atoms with Gasteiger partial charge in [0.05, 0.1) is 24.2 Å². The number of benzene rings is 1. The van der Waals surface area contributed by atoms with Gasteiger partial charge in [0.15, 0.2) is 0 Å². The maximum Gasteiger partial charge on any atom is 0.134 e. The lowest BCUT2D eigenvalue weighted by Gasteiger charge is -2.27. The van der Waals surface area contributed by atoms with Gasteiger partial charge in [0, 0.05) is 11.3 Å². The van der Waals surface area contributed by atoms with E-state index in [1.54, 1.807) is 0 Å². The predicted molar refractivity (Wildman–Crippen MR) is 67.4 cm³/mol. The lowest BCUT2D eigenvalue weighted by molar-refractivity contribution is -1.09. The molecule has 0 spiro atoms. The predicted octanol–water partition coefficient (Wildman–Crippen LogP) is 1.13. The molecule has 0 heterocycles. The average Bonchev–Trinajstić information content (AvgIpc) is 2.24. The maximum absolute atomic E-state index is 10.4. The summed E-state index contributed by atoms with van der Waals surface area (Å²) >= 11 is 0. The Morgan fingerprint density at radius 2 is 1.83 bits per heavy atom. The number of hydroxylamine groups is 3. The third-order valence-electron chi connectivity index (χ3n) is 2.39. The summed E-state index contributed by atoms with van der Waals surface area (Å²) in [5.41, 5.74) is 1.14. The summed E-state index contributed by atoms with van der Waals surface area (Å²) in [4.78, 5) is 5.56. The van der Waals surface area contributed by atoms with E-state index in [1.165, 1.54) is 0 Å². The number of hydrogen-bond acceptors (Lipinski definition) is 4. The van der Waals surface area contributed by atoms with Gasteiger partial charge in [0.2, 0.25) is 0 Å². The van der Waals surface area contributed by atoms with Gasteiger partial charge in [-0.2, -0.15) is 4.65 Å². The van der Waals surface area contributed by atoms with Crippen LogP contribution < -0.4 is 0 Å². The van der Waals surface area contributed by atoms with E-state index >= 15 is 0 Å². The van der Waals surface area contributed by atoms with Crippen molar-refractivity contribution in [3.8, 4) is 0 Å². The Kier molecular flexibility index (Phi) is 5.28. The standard InChI is InChI=1S/C12H19NO4S/c1-13(2,11-12-7-4-3-5-8-12)17-9-6-10-18(14,15)16/h3-5,7-8H,6,9-11H2,1-2H3. The molecule has 0 bridgehead atoms. The number of rotatable bonds is 7. The second kappa shape index (κ2) is 6.29. The van der Waals surface area contributed by atoms with Gasteiger partial charge in [-0.1, -0.05) is 30.3 Å². The molecule has 0 aliphatic carbocycles. The SMILES string of the molecule is C[N+](C)(Cc1ccccc1)OCCCS(=O)(=O)[O-]. The quantitative estimate of drug-likeness (QED) is 0.323. The van der Waals surface area contributed by atoms with Crippen LogP contribution in [0.15, 0.2) is 30.3 Å². The summed E-state index contributed by atoms with van der Waals surface area (Å²) < 4.78 is 31.6. The van der Waals surface area contributed by atoms with Crippen molar-refractivity contribution in [2.75, 3.05) is 26.5 Å². The van der Waals surface area contributed by atoms with Crippen molar-refractivity contribution < 1.29 is 22.5 Å². The minimum Gasteiger partial charge on any atom is -0.748 e. The van der Waals surface area contributed by atoms with Crippen LogP contribution in [0.4, 0.5) is 0 Å². The van der Waals surface area contributed by atoms with Crippen LogP contribution in [-0.2, 0) is 21.5 Å². The van der Waals surface area contributed by atoms with E-state index in [4.69, 9.17) is 4.84 Å². The van der Waals surface area contributed by atoms with Crippen molar-refractivity contribution in [1.82, 2.24) is 0 Å². The molecular weight excluding hydrogens is 254 g/mol. The molecule has 1 aromatic rings. The Morgan fingerprint density at radius 1 is 1.22 bits per heavy atom. The molecule has 0 amide bonds. The van der Waals surface area contributed by atoms with E-state index in [9.17, 15) is 13.0 Å². The van der Waals surface area contributed by atoms with Crippen molar-refractivity contribution >= 4 is 10.1 Å². The Bertz CT molecular complexity index is 456. The fraction of sp³-hybridized carbons (Fsp3) is 0.500. The van der Waals surface area contributed by atoms with E-state index in [0.717, 1.165) is 5.56 Å². The van der Waals surface area contributed by atoms with Gasteiger partial charge >= 0.3 is 0 Å². The second-order valence-corrected chi connectivity index (χ2v) is 6.19. The van der Waals surface area contributed by atoms with Gasteiger partial charge < -0.3 is 4.55 Å². The van der Waals surface area contributed by atoms with Crippen molar-refractivity contribution in [2.45, 2.75) is 13.0 Å². The van der Waals surface area contributed by atoms with Gasteiger partial charge in [0.1, 0.15) is 13.2 Å². The van der Waals surface area contributed by atoms with E-state index in [-0.39, 0.29) is 18.8 Å². The van der Waals surface area contributed by atoms with Crippen molar-refractivity contribution in [1.29, 1.82) is 0 Å². The van der Waals surface area contributed by atoms with Gasteiger partial charge in [-0.3, -0.25) is 0 Å². The lowest BCUT2D eigenvalue weighted by Crippen LogP contribution is -2.39. The highest BCUT2D eigenvalue weighted by atomic mass is 32.2. The Morgan fingerprint density at radius 3 is 2.39 bits per heavy atom. The minimum atomic E-state index is -4.14. The minimum absolute atomic E-state index is 0.225. The molecule has 0 aliphatic rings. The molecule has 5 nitrogen and oxygen atoms in total. The van der Waals surface area contributed by atoms with E-state index in [1.807, 2.05) is 44.4 Å². The molecule has 1 rings (SSSR count). The van der Waals surface area contributed by atoms with Gasteiger partial charge in [-0.15, -0.1) is 0 Å². The van der Waals surface area contributed by atoms with E-state index < -0.39 is 10.1 Å². The zero-order valence-electron chi connectivity index (χ0n) is 10.7. The fourth-order valence-corrected chi connectivity index (χ4v) is 2.09. The second-order valence-electron chi connectivity index (χ2n) is 4.67. The molecule has 0 saturated carbocycles. The molecule has 102 valence electrons. The maximum atomic E-state index is 10.4. The summed E-state index contributed by atoms with van der Waals surface area (Å²) in [7, 11) is -0.362. The van der Waals surface area contributed by atoms with Crippen LogP contribution in [-0.4, -0.2) is 44.1 Å². The van der Waals surface area contributed by atoms with Crippen LogP contribution in [0.1, 0.15) is 12.0 Å². The largest absolute Gasteiger partial charge is 0.748 e. The highest BCUT2D eigenvalue weighted by molar-refractivity contribution is 7.85.